The highest BCUT2D eigenvalue weighted by molar-refractivity contribution is 7.18. The van der Waals surface area contributed by atoms with Gasteiger partial charge in [0.2, 0.25) is 5.91 Å². The number of rotatable bonds is 5. The maximum absolute atomic E-state index is 13.1. The number of carbonyl (C=O) groups is 3. The zero-order valence-electron chi connectivity index (χ0n) is 17.1. The average Bonchev–Trinajstić information content (AvgIpc) is 3.34. The van der Waals surface area contributed by atoms with Gasteiger partial charge in [-0.15, -0.1) is 11.3 Å². The number of para-hydroxylation sites is 1. The molecule has 1 aromatic heterocycles. The molecule has 0 saturated carbocycles. The molecule has 1 fully saturated rings. The van der Waals surface area contributed by atoms with Crippen molar-refractivity contribution < 1.29 is 14.4 Å². The Bertz CT molecular complexity index is 1100. The quantitative estimate of drug-likeness (QED) is 0.558. The molecule has 0 radical (unpaired) electrons. The van der Waals surface area contributed by atoms with Gasteiger partial charge in [-0.1, -0.05) is 24.3 Å². The zero-order chi connectivity index (χ0) is 21.4. The van der Waals surface area contributed by atoms with E-state index in [-0.39, 0.29) is 30.3 Å². The Morgan fingerprint density at radius 2 is 1.71 bits per heavy atom. The van der Waals surface area contributed by atoms with Crippen LogP contribution in [0.15, 0.2) is 48.5 Å². The van der Waals surface area contributed by atoms with Gasteiger partial charge >= 0.3 is 0 Å². The van der Waals surface area contributed by atoms with Crippen molar-refractivity contribution in [2.45, 2.75) is 38.1 Å². The van der Waals surface area contributed by atoms with E-state index < -0.39 is 0 Å². The van der Waals surface area contributed by atoms with E-state index in [1.807, 2.05) is 23.1 Å². The predicted molar refractivity (Wildman–Crippen MR) is 119 cm³/mol. The van der Waals surface area contributed by atoms with Crippen LogP contribution in [0.2, 0.25) is 0 Å². The van der Waals surface area contributed by atoms with Crippen molar-refractivity contribution in [3.05, 3.63) is 64.7 Å². The van der Waals surface area contributed by atoms with E-state index in [4.69, 9.17) is 4.98 Å². The minimum absolute atomic E-state index is 0.0120. The van der Waals surface area contributed by atoms with Crippen molar-refractivity contribution in [1.82, 2.24) is 14.8 Å². The summed E-state index contributed by atoms with van der Waals surface area (Å²) < 4.78 is 1.14. The Balaban J connectivity index is 1.24. The Morgan fingerprint density at radius 3 is 2.45 bits per heavy atom. The Labute approximate surface area is 184 Å². The molecule has 7 heteroatoms. The summed E-state index contributed by atoms with van der Waals surface area (Å²) in [6.45, 7) is 0.990. The second-order valence-corrected chi connectivity index (χ2v) is 9.09. The fourth-order valence-corrected chi connectivity index (χ4v) is 5.61. The summed E-state index contributed by atoms with van der Waals surface area (Å²) in [7, 11) is 0. The standard InChI is InChI=1S/C24H23N3O3S/c28-21(13-7-15-27-23(29)16-8-1-2-9-17(16)24(27)30)26-14-6-5-11-19(26)22-25-18-10-3-4-12-20(18)31-22/h1-4,8-10,12,19H,5-7,11,13-15H2. The normalized spacial score (nSPS) is 18.6. The Hall–Kier alpha value is -3.06. The lowest BCUT2D eigenvalue weighted by Gasteiger charge is -2.34. The van der Waals surface area contributed by atoms with Gasteiger partial charge in [0.05, 0.1) is 27.4 Å². The van der Waals surface area contributed by atoms with Crippen molar-refractivity contribution in [1.29, 1.82) is 0 Å². The molecule has 0 spiro atoms. The third kappa shape index (κ3) is 3.63. The molecule has 1 atom stereocenters. The molecule has 2 aliphatic heterocycles. The van der Waals surface area contributed by atoms with Crippen LogP contribution in [0.5, 0.6) is 0 Å². The third-order valence-electron chi connectivity index (χ3n) is 6.07. The van der Waals surface area contributed by atoms with E-state index in [9.17, 15) is 14.4 Å². The highest BCUT2D eigenvalue weighted by Gasteiger charge is 2.35. The van der Waals surface area contributed by atoms with Crippen LogP contribution in [-0.2, 0) is 4.79 Å². The molecule has 2 aromatic carbocycles. The minimum atomic E-state index is -0.265. The molecule has 1 saturated heterocycles. The van der Waals surface area contributed by atoms with E-state index in [1.165, 1.54) is 4.90 Å². The van der Waals surface area contributed by atoms with Gasteiger partial charge in [-0.25, -0.2) is 4.98 Å². The molecule has 0 N–H and O–H groups in total. The summed E-state index contributed by atoms with van der Waals surface area (Å²) in [5.41, 5.74) is 1.88. The number of imide groups is 1. The number of thiazole rings is 1. The first-order valence-electron chi connectivity index (χ1n) is 10.7. The summed E-state index contributed by atoms with van der Waals surface area (Å²) >= 11 is 1.66. The first kappa shape index (κ1) is 19.9. The lowest BCUT2D eigenvalue weighted by atomic mass is 10.0. The number of benzene rings is 2. The number of hydrogen-bond acceptors (Lipinski definition) is 5. The maximum atomic E-state index is 13.1. The monoisotopic (exact) mass is 433 g/mol. The predicted octanol–water partition coefficient (Wildman–Crippen LogP) is 4.43. The molecule has 6 nitrogen and oxygen atoms in total. The van der Waals surface area contributed by atoms with E-state index in [0.717, 1.165) is 41.0 Å². The summed E-state index contributed by atoms with van der Waals surface area (Å²) in [6.07, 6.45) is 3.77. The number of piperidine rings is 1. The number of nitrogens with zero attached hydrogens (tertiary/aromatic N) is 3. The number of likely N-dealkylation sites (tertiary alicyclic amines) is 1. The summed E-state index contributed by atoms with van der Waals surface area (Å²) in [5, 5.41) is 0.995. The van der Waals surface area contributed by atoms with Gasteiger partial charge < -0.3 is 4.90 Å². The Kier molecular flexibility index (Phi) is 5.28. The van der Waals surface area contributed by atoms with Gasteiger partial charge in [0.15, 0.2) is 0 Å². The fraction of sp³-hybridized carbons (Fsp3) is 0.333. The van der Waals surface area contributed by atoms with Crippen LogP contribution in [0, 0.1) is 0 Å². The summed E-state index contributed by atoms with van der Waals surface area (Å²) in [6, 6.07) is 14.9. The molecule has 0 aliphatic carbocycles. The van der Waals surface area contributed by atoms with Crippen LogP contribution in [0.3, 0.4) is 0 Å². The molecule has 3 amide bonds. The minimum Gasteiger partial charge on any atom is -0.333 e. The second-order valence-electron chi connectivity index (χ2n) is 8.03. The third-order valence-corrected chi connectivity index (χ3v) is 7.21. The van der Waals surface area contributed by atoms with Crippen LogP contribution in [-0.4, -0.2) is 45.6 Å². The molecule has 2 aliphatic rings. The largest absolute Gasteiger partial charge is 0.333 e. The molecule has 3 heterocycles. The van der Waals surface area contributed by atoms with Crippen LogP contribution in [0.4, 0.5) is 0 Å². The lowest BCUT2D eigenvalue weighted by molar-refractivity contribution is -0.135. The maximum Gasteiger partial charge on any atom is 0.261 e. The van der Waals surface area contributed by atoms with Gasteiger partial charge in [-0.3, -0.25) is 19.3 Å². The molecule has 3 aromatic rings. The van der Waals surface area contributed by atoms with E-state index in [0.29, 0.717) is 24.0 Å². The molecular weight excluding hydrogens is 410 g/mol. The van der Waals surface area contributed by atoms with E-state index in [2.05, 4.69) is 6.07 Å². The highest BCUT2D eigenvalue weighted by atomic mass is 32.1. The van der Waals surface area contributed by atoms with Crippen LogP contribution in [0.25, 0.3) is 10.2 Å². The zero-order valence-corrected chi connectivity index (χ0v) is 17.9. The first-order chi connectivity index (χ1) is 15.1. The molecule has 158 valence electrons. The number of carbonyl (C=O) groups excluding carboxylic acids is 3. The van der Waals surface area contributed by atoms with Crippen molar-refractivity contribution in [3.8, 4) is 0 Å². The fourth-order valence-electron chi connectivity index (χ4n) is 4.49. The molecule has 31 heavy (non-hydrogen) atoms. The molecule has 0 bridgehead atoms. The smallest absolute Gasteiger partial charge is 0.261 e. The molecule has 1 unspecified atom stereocenters. The van der Waals surface area contributed by atoms with Crippen molar-refractivity contribution >= 4 is 39.3 Å². The van der Waals surface area contributed by atoms with Crippen LogP contribution >= 0.6 is 11.3 Å². The molecule has 5 rings (SSSR count). The van der Waals surface area contributed by atoms with Crippen molar-refractivity contribution in [2.75, 3.05) is 13.1 Å². The lowest BCUT2D eigenvalue weighted by Crippen LogP contribution is -2.39. The van der Waals surface area contributed by atoms with Gasteiger partial charge in [0.25, 0.3) is 11.8 Å². The number of amides is 3. The van der Waals surface area contributed by atoms with Crippen molar-refractivity contribution in [3.63, 3.8) is 0 Å². The molecular formula is C24H23N3O3S. The van der Waals surface area contributed by atoms with Gasteiger partial charge in [0, 0.05) is 19.5 Å². The number of aromatic nitrogens is 1. The van der Waals surface area contributed by atoms with Gasteiger partial charge in [-0.05, 0) is 49.9 Å². The van der Waals surface area contributed by atoms with Crippen LogP contribution in [0.1, 0.15) is 63.9 Å². The van der Waals surface area contributed by atoms with Crippen LogP contribution < -0.4 is 0 Å². The van der Waals surface area contributed by atoms with E-state index in [1.54, 1.807) is 35.6 Å². The summed E-state index contributed by atoms with van der Waals surface area (Å²) in [5.74, 6) is -0.461. The average molecular weight is 434 g/mol. The Morgan fingerprint density at radius 1 is 1.00 bits per heavy atom. The van der Waals surface area contributed by atoms with Gasteiger partial charge in [0.1, 0.15) is 5.01 Å². The second kappa shape index (κ2) is 8.23. The SMILES string of the molecule is O=C1c2ccccc2C(=O)N1CCCC(=O)N1CCCCC1c1nc2ccccc2s1. The van der Waals surface area contributed by atoms with Crippen molar-refractivity contribution in [2.24, 2.45) is 0 Å². The van der Waals surface area contributed by atoms with Gasteiger partial charge in [-0.2, -0.15) is 0 Å². The first-order valence-corrected chi connectivity index (χ1v) is 11.6. The van der Waals surface area contributed by atoms with E-state index >= 15 is 0 Å². The number of hydrogen-bond donors (Lipinski definition) is 0. The number of fused-ring (bicyclic) bond motifs is 2. The topological polar surface area (TPSA) is 70.6 Å². The highest BCUT2D eigenvalue weighted by Crippen LogP contribution is 2.36. The summed E-state index contributed by atoms with van der Waals surface area (Å²) in [4.78, 5) is 46.1.